The van der Waals surface area contributed by atoms with Crippen LogP contribution in [0.3, 0.4) is 0 Å². The SMILES string of the molecule is CCCn1c(CC)nnc1SCc1ccccc1F. The molecule has 3 nitrogen and oxygen atoms in total. The molecule has 0 fully saturated rings. The number of aryl methyl sites for hydroxylation is 1. The zero-order valence-corrected chi connectivity index (χ0v) is 12.1. The third-order valence-corrected chi connectivity index (χ3v) is 3.89. The van der Waals surface area contributed by atoms with Crippen molar-refractivity contribution in [3.05, 3.63) is 41.5 Å². The van der Waals surface area contributed by atoms with Crippen molar-refractivity contribution >= 4 is 11.8 Å². The minimum Gasteiger partial charge on any atom is -0.306 e. The summed E-state index contributed by atoms with van der Waals surface area (Å²) in [5.41, 5.74) is 0.705. The Morgan fingerprint density at radius 3 is 2.68 bits per heavy atom. The van der Waals surface area contributed by atoms with E-state index < -0.39 is 0 Å². The monoisotopic (exact) mass is 279 g/mol. The summed E-state index contributed by atoms with van der Waals surface area (Å²) < 4.78 is 15.7. The van der Waals surface area contributed by atoms with Gasteiger partial charge in [-0.15, -0.1) is 10.2 Å². The Balaban J connectivity index is 2.11. The van der Waals surface area contributed by atoms with Gasteiger partial charge in [-0.3, -0.25) is 0 Å². The lowest BCUT2D eigenvalue weighted by atomic mass is 10.2. The average molecular weight is 279 g/mol. The van der Waals surface area contributed by atoms with Gasteiger partial charge < -0.3 is 4.57 Å². The van der Waals surface area contributed by atoms with Crippen molar-refractivity contribution in [2.75, 3.05) is 0 Å². The van der Waals surface area contributed by atoms with E-state index in [0.29, 0.717) is 11.3 Å². The second-order valence-corrected chi connectivity index (χ2v) is 5.23. The fourth-order valence-electron chi connectivity index (χ4n) is 1.89. The van der Waals surface area contributed by atoms with Crippen molar-refractivity contribution < 1.29 is 4.39 Å². The van der Waals surface area contributed by atoms with Gasteiger partial charge in [0.25, 0.3) is 0 Å². The molecule has 2 aromatic rings. The van der Waals surface area contributed by atoms with Crippen LogP contribution in [-0.2, 0) is 18.7 Å². The Labute approximate surface area is 117 Å². The molecule has 5 heteroatoms. The first kappa shape index (κ1) is 14.1. The molecule has 0 saturated heterocycles. The number of halogens is 1. The topological polar surface area (TPSA) is 30.7 Å². The van der Waals surface area contributed by atoms with Crippen LogP contribution in [0.1, 0.15) is 31.7 Å². The summed E-state index contributed by atoms with van der Waals surface area (Å²) >= 11 is 1.54. The van der Waals surface area contributed by atoms with Gasteiger partial charge in [0.2, 0.25) is 0 Å². The van der Waals surface area contributed by atoms with Crippen LogP contribution in [0.15, 0.2) is 29.4 Å². The van der Waals surface area contributed by atoms with E-state index in [2.05, 4.69) is 28.6 Å². The third-order valence-electron chi connectivity index (χ3n) is 2.87. The number of thioether (sulfide) groups is 1. The largest absolute Gasteiger partial charge is 0.306 e. The van der Waals surface area contributed by atoms with E-state index in [0.717, 1.165) is 30.4 Å². The number of benzene rings is 1. The summed E-state index contributed by atoms with van der Waals surface area (Å²) in [6.07, 6.45) is 1.91. The molecule has 0 aliphatic rings. The van der Waals surface area contributed by atoms with Crippen molar-refractivity contribution in [2.45, 2.75) is 44.1 Å². The fourth-order valence-corrected chi connectivity index (χ4v) is 2.86. The van der Waals surface area contributed by atoms with Crippen LogP contribution in [0.2, 0.25) is 0 Å². The van der Waals surface area contributed by atoms with Gasteiger partial charge in [0.05, 0.1) is 0 Å². The molecule has 0 saturated carbocycles. The second kappa shape index (κ2) is 6.70. The molecule has 0 amide bonds. The van der Waals surface area contributed by atoms with Gasteiger partial charge in [0.1, 0.15) is 11.6 Å². The lowest BCUT2D eigenvalue weighted by Gasteiger charge is -2.07. The van der Waals surface area contributed by atoms with E-state index in [9.17, 15) is 4.39 Å². The highest BCUT2D eigenvalue weighted by Gasteiger charge is 2.11. The molecule has 1 heterocycles. The van der Waals surface area contributed by atoms with Crippen molar-refractivity contribution in [3.63, 3.8) is 0 Å². The lowest BCUT2D eigenvalue weighted by molar-refractivity contribution is 0.594. The van der Waals surface area contributed by atoms with Crippen LogP contribution in [0.5, 0.6) is 0 Å². The number of rotatable bonds is 6. The standard InChI is InChI=1S/C14H18FN3S/c1-3-9-18-13(4-2)16-17-14(18)19-10-11-7-5-6-8-12(11)15/h5-8H,3-4,9-10H2,1-2H3. The van der Waals surface area contributed by atoms with E-state index in [1.165, 1.54) is 17.8 Å². The first-order valence-electron chi connectivity index (χ1n) is 6.54. The van der Waals surface area contributed by atoms with Crippen molar-refractivity contribution in [1.82, 2.24) is 14.8 Å². The number of hydrogen-bond acceptors (Lipinski definition) is 3. The molecule has 102 valence electrons. The van der Waals surface area contributed by atoms with Crippen LogP contribution < -0.4 is 0 Å². The van der Waals surface area contributed by atoms with Crippen molar-refractivity contribution in [1.29, 1.82) is 0 Å². The fraction of sp³-hybridized carbons (Fsp3) is 0.429. The van der Waals surface area contributed by atoms with Crippen LogP contribution in [0.4, 0.5) is 4.39 Å². The summed E-state index contributed by atoms with van der Waals surface area (Å²) in [6, 6.07) is 6.86. The van der Waals surface area contributed by atoms with Crippen LogP contribution in [-0.4, -0.2) is 14.8 Å². The molecule has 0 spiro atoms. The van der Waals surface area contributed by atoms with E-state index in [4.69, 9.17) is 0 Å². The highest BCUT2D eigenvalue weighted by molar-refractivity contribution is 7.98. The average Bonchev–Trinajstić information content (AvgIpc) is 2.81. The minimum absolute atomic E-state index is 0.160. The van der Waals surface area contributed by atoms with Gasteiger partial charge in [-0.25, -0.2) is 4.39 Å². The third kappa shape index (κ3) is 3.35. The predicted octanol–water partition coefficient (Wildman–Crippen LogP) is 3.68. The van der Waals surface area contributed by atoms with Gasteiger partial charge >= 0.3 is 0 Å². The molecule has 0 bridgehead atoms. The van der Waals surface area contributed by atoms with Crippen LogP contribution in [0.25, 0.3) is 0 Å². The smallest absolute Gasteiger partial charge is 0.191 e. The molecule has 19 heavy (non-hydrogen) atoms. The molecule has 1 aromatic heterocycles. The maximum Gasteiger partial charge on any atom is 0.191 e. The van der Waals surface area contributed by atoms with Gasteiger partial charge in [0.15, 0.2) is 5.16 Å². The van der Waals surface area contributed by atoms with Crippen LogP contribution >= 0.6 is 11.8 Å². The summed E-state index contributed by atoms with van der Waals surface area (Å²) in [5, 5.41) is 9.27. The van der Waals surface area contributed by atoms with E-state index in [-0.39, 0.29) is 5.82 Å². The molecular weight excluding hydrogens is 261 g/mol. The molecule has 0 atom stereocenters. The Hall–Kier alpha value is -1.36. The zero-order valence-electron chi connectivity index (χ0n) is 11.3. The van der Waals surface area contributed by atoms with E-state index in [1.807, 2.05) is 12.1 Å². The van der Waals surface area contributed by atoms with Crippen molar-refractivity contribution in [2.24, 2.45) is 0 Å². The molecule has 0 N–H and O–H groups in total. The van der Waals surface area contributed by atoms with Gasteiger partial charge in [-0.2, -0.15) is 0 Å². The molecule has 0 aliphatic carbocycles. The molecule has 0 unspecified atom stereocenters. The predicted molar refractivity (Wildman–Crippen MR) is 75.7 cm³/mol. The van der Waals surface area contributed by atoms with Gasteiger partial charge in [0, 0.05) is 18.7 Å². The highest BCUT2D eigenvalue weighted by Crippen LogP contribution is 2.23. The number of hydrogen-bond donors (Lipinski definition) is 0. The summed E-state index contributed by atoms with van der Waals surface area (Å²) in [7, 11) is 0. The summed E-state index contributed by atoms with van der Waals surface area (Å²) in [6.45, 7) is 5.11. The highest BCUT2D eigenvalue weighted by atomic mass is 32.2. The second-order valence-electron chi connectivity index (χ2n) is 4.28. The minimum atomic E-state index is -0.160. The van der Waals surface area contributed by atoms with Crippen LogP contribution in [0, 0.1) is 5.82 Å². The Morgan fingerprint density at radius 1 is 1.21 bits per heavy atom. The van der Waals surface area contributed by atoms with E-state index in [1.54, 1.807) is 6.07 Å². The normalized spacial score (nSPS) is 10.9. The van der Waals surface area contributed by atoms with Gasteiger partial charge in [-0.1, -0.05) is 43.8 Å². The first-order valence-corrected chi connectivity index (χ1v) is 7.53. The Kier molecular flexibility index (Phi) is 4.96. The number of aromatic nitrogens is 3. The lowest BCUT2D eigenvalue weighted by Crippen LogP contribution is -2.04. The first-order chi connectivity index (χ1) is 9.26. The van der Waals surface area contributed by atoms with Crippen molar-refractivity contribution in [3.8, 4) is 0 Å². The maximum atomic E-state index is 13.6. The molecule has 1 aromatic carbocycles. The van der Waals surface area contributed by atoms with Gasteiger partial charge in [-0.05, 0) is 18.1 Å². The Bertz CT molecular complexity index is 539. The van der Waals surface area contributed by atoms with E-state index >= 15 is 0 Å². The summed E-state index contributed by atoms with van der Waals surface area (Å²) in [5.74, 6) is 1.42. The zero-order chi connectivity index (χ0) is 13.7. The molecular formula is C14H18FN3S. The summed E-state index contributed by atoms with van der Waals surface area (Å²) in [4.78, 5) is 0. The molecule has 0 aliphatic heterocycles. The maximum absolute atomic E-state index is 13.6. The number of nitrogens with zero attached hydrogens (tertiary/aromatic N) is 3. The quantitative estimate of drug-likeness (QED) is 0.756. The molecule has 0 radical (unpaired) electrons. The molecule has 2 rings (SSSR count). The Morgan fingerprint density at radius 2 is 2.00 bits per heavy atom.